The zero-order chi connectivity index (χ0) is 15.0. The Balaban J connectivity index is 2.88. The number of nitrogens with zero attached hydrogens (tertiary/aromatic N) is 2. The van der Waals surface area contributed by atoms with Crippen molar-refractivity contribution in [3.63, 3.8) is 0 Å². The molecule has 0 bridgehead atoms. The summed E-state index contributed by atoms with van der Waals surface area (Å²) in [7, 11) is 2.08. The number of aryl methyl sites for hydroxylation is 1. The summed E-state index contributed by atoms with van der Waals surface area (Å²) in [6.45, 7) is 13.2. The highest BCUT2D eigenvalue weighted by atomic mass is 15.2. The second kappa shape index (κ2) is 8.75. The number of rotatable bonds is 9. The van der Waals surface area contributed by atoms with Crippen molar-refractivity contribution in [2.45, 2.75) is 46.6 Å². The quantitative estimate of drug-likeness (QED) is 0.552. The molecule has 0 aliphatic rings. The molecular formula is C17H29N3. The lowest BCUT2D eigenvalue weighted by Gasteiger charge is -2.20. The van der Waals surface area contributed by atoms with E-state index in [9.17, 15) is 0 Å². The maximum absolute atomic E-state index is 4.76. The molecule has 0 spiro atoms. The molecule has 1 aromatic heterocycles. The predicted octanol–water partition coefficient (Wildman–Crippen LogP) is 3.55. The van der Waals surface area contributed by atoms with Crippen molar-refractivity contribution in [2.24, 2.45) is 0 Å². The van der Waals surface area contributed by atoms with Gasteiger partial charge in [0.25, 0.3) is 0 Å². The first-order valence-electron chi connectivity index (χ1n) is 7.62. The number of hydrogen-bond acceptors (Lipinski definition) is 3. The zero-order valence-electron chi connectivity index (χ0n) is 13.5. The predicted molar refractivity (Wildman–Crippen MR) is 88.3 cm³/mol. The molecular weight excluding hydrogens is 246 g/mol. The van der Waals surface area contributed by atoms with Crippen LogP contribution in [0.3, 0.4) is 0 Å². The lowest BCUT2D eigenvalue weighted by molar-refractivity contribution is 0.673. The van der Waals surface area contributed by atoms with Crippen LogP contribution in [0.2, 0.25) is 0 Å². The van der Waals surface area contributed by atoms with Crippen LogP contribution in [-0.4, -0.2) is 25.1 Å². The molecule has 0 atom stereocenters. The molecule has 0 saturated carbocycles. The molecule has 1 aromatic rings. The summed E-state index contributed by atoms with van der Waals surface area (Å²) < 4.78 is 0. The van der Waals surface area contributed by atoms with Crippen LogP contribution in [0.15, 0.2) is 24.3 Å². The summed E-state index contributed by atoms with van der Waals surface area (Å²) in [5.41, 5.74) is 3.66. The standard InChI is InChI=1S/C17H29N3/c1-6-8-16-10-15(12-18-9-7-2)11-17(19-16)20(5)13-14(3)4/h10-11,18H,3,6-9,12-13H2,1-2,4-5H3. The van der Waals surface area contributed by atoms with Gasteiger partial charge in [-0.25, -0.2) is 4.98 Å². The van der Waals surface area contributed by atoms with Crippen molar-refractivity contribution in [2.75, 3.05) is 25.0 Å². The first-order valence-corrected chi connectivity index (χ1v) is 7.62. The van der Waals surface area contributed by atoms with E-state index in [1.165, 1.54) is 11.3 Å². The minimum absolute atomic E-state index is 0.852. The average Bonchev–Trinajstić information content (AvgIpc) is 2.38. The molecule has 0 saturated heterocycles. The number of hydrogen-bond donors (Lipinski definition) is 1. The Kier molecular flexibility index (Phi) is 7.31. The minimum Gasteiger partial charge on any atom is -0.356 e. The number of nitrogens with one attached hydrogen (secondary N) is 1. The Hall–Kier alpha value is -1.35. The Morgan fingerprint density at radius 3 is 2.65 bits per heavy atom. The van der Waals surface area contributed by atoms with E-state index in [1.54, 1.807) is 0 Å². The minimum atomic E-state index is 0.852. The van der Waals surface area contributed by atoms with Crippen LogP contribution in [-0.2, 0) is 13.0 Å². The van der Waals surface area contributed by atoms with Crippen molar-refractivity contribution >= 4 is 5.82 Å². The largest absolute Gasteiger partial charge is 0.356 e. The summed E-state index contributed by atoms with van der Waals surface area (Å²) >= 11 is 0. The van der Waals surface area contributed by atoms with Crippen molar-refractivity contribution in [1.82, 2.24) is 10.3 Å². The van der Waals surface area contributed by atoms with E-state index < -0.39 is 0 Å². The third-order valence-electron chi connectivity index (χ3n) is 3.08. The first kappa shape index (κ1) is 16.7. The van der Waals surface area contributed by atoms with Gasteiger partial charge in [0.2, 0.25) is 0 Å². The van der Waals surface area contributed by atoms with E-state index in [0.717, 1.165) is 50.3 Å². The van der Waals surface area contributed by atoms with Gasteiger partial charge < -0.3 is 10.2 Å². The van der Waals surface area contributed by atoms with Gasteiger partial charge in [-0.05, 0) is 44.0 Å². The third kappa shape index (κ3) is 5.74. The fourth-order valence-corrected chi connectivity index (χ4v) is 2.21. The molecule has 1 N–H and O–H groups in total. The molecule has 0 aliphatic heterocycles. The van der Waals surface area contributed by atoms with Crippen LogP contribution in [0, 0.1) is 0 Å². The van der Waals surface area contributed by atoms with Gasteiger partial charge in [-0.3, -0.25) is 0 Å². The molecule has 0 radical (unpaired) electrons. The fourth-order valence-electron chi connectivity index (χ4n) is 2.21. The van der Waals surface area contributed by atoms with E-state index in [1.807, 2.05) is 0 Å². The van der Waals surface area contributed by atoms with Crippen LogP contribution in [0.25, 0.3) is 0 Å². The molecule has 0 aliphatic carbocycles. The normalized spacial score (nSPS) is 10.6. The van der Waals surface area contributed by atoms with Gasteiger partial charge in [-0.15, -0.1) is 0 Å². The van der Waals surface area contributed by atoms with Gasteiger partial charge in [-0.2, -0.15) is 0 Å². The number of aromatic nitrogens is 1. The van der Waals surface area contributed by atoms with Crippen molar-refractivity contribution in [1.29, 1.82) is 0 Å². The Labute approximate surface area is 124 Å². The number of pyridine rings is 1. The Morgan fingerprint density at radius 1 is 1.30 bits per heavy atom. The van der Waals surface area contributed by atoms with Crippen LogP contribution in [0.5, 0.6) is 0 Å². The number of anilines is 1. The topological polar surface area (TPSA) is 28.2 Å². The van der Waals surface area contributed by atoms with Crippen molar-refractivity contribution < 1.29 is 0 Å². The summed E-state index contributed by atoms with van der Waals surface area (Å²) in [6.07, 6.45) is 3.33. The van der Waals surface area contributed by atoms with Gasteiger partial charge in [-0.1, -0.05) is 32.4 Å². The van der Waals surface area contributed by atoms with E-state index in [0.29, 0.717) is 0 Å². The van der Waals surface area contributed by atoms with E-state index in [-0.39, 0.29) is 0 Å². The van der Waals surface area contributed by atoms with Gasteiger partial charge in [0.05, 0.1) is 0 Å². The highest BCUT2D eigenvalue weighted by molar-refractivity contribution is 5.43. The lowest BCUT2D eigenvalue weighted by atomic mass is 10.1. The molecule has 3 nitrogen and oxygen atoms in total. The van der Waals surface area contributed by atoms with Gasteiger partial charge >= 0.3 is 0 Å². The molecule has 1 rings (SSSR count). The molecule has 0 fully saturated rings. The summed E-state index contributed by atoms with van der Waals surface area (Å²) in [4.78, 5) is 6.93. The highest BCUT2D eigenvalue weighted by Crippen LogP contribution is 2.16. The first-order chi connectivity index (χ1) is 9.56. The number of likely N-dealkylation sites (N-methyl/N-ethyl adjacent to an activating group) is 1. The van der Waals surface area contributed by atoms with Crippen LogP contribution >= 0.6 is 0 Å². The molecule has 20 heavy (non-hydrogen) atoms. The molecule has 0 amide bonds. The van der Waals surface area contributed by atoms with Crippen LogP contribution in [0.4, 0.5) is 5.82 Å². The highest BCUT2D eigenvalue weighted by Gasteiger charge is 2.07. The second-order valence-electron chi connectivity index (χ2n) is 5.56. The molecule has 0 unspecified atom stereocenters. The van der Waals surface area contributed by atoms with E-state index in [2.05, 4.69) is 56.7 Å². The van der Waals surface area contributed by atoms with Gasteiger partial charge in [0, 0.05) is 25.8 Å². The maximum atomic E-state index is 4.76. The SMILES string of the molecule is C=C(C)CN(C)c1cc(CNCCC)cc(CCC)n1. The zero-order valence-corrected chi connectivity index (χ0v) is 13.5. The Bertz CT molecular complexity index is 426. The fraction of sp³-hybridized carbons (Fsp3) is 0.588. The smallest absolute Gasteiger partial charge is 0.129 e. The molecule has 3 heteroatoms. The molecule has 1 heterocycles. The summed E-state index contributed by atoms with van der Waals surface area (Å²) in [6, 6.07) is 4.41. The van der Waals surface area contributed by atoms with Crippen LogP contribution < -0.4 is 10.2 Å². The van der Waals surface area contributed by atoms with Crippen LogP contribution in [0.1, 0.15) is 44.9 Å². The second-order valence-corrected chi connectivity index (χ2v) is 5.56. The van der Waals surface area contributed by atoms with Gasteiger partial charge in [0.1, 0.15) is 5.82 Å². The summed E-state index contributed by atoms with van der Waals surface area (Å²) in [5, 5.41) is 3.46. The Morgan fingerprint density at radius 2 is 2.05 bits per heavy atom. The monoisotopic (exact) mass is 275 g/mol. The summed E-state index contributed by atoms with van der Waals surface area (Å²) in [5.74, 6) is 1.05. The van der Waals surface area contributed by atoms with E-state index in [4.69, 9.17) is 4.98 Å². The molecule has 0 aromatic carbocycles. The van der Waals surface area contributed by atoms with Gasteiger partial charge in [0.15, 0.2) is 0 Å². The third-order valence-corrected chi connectivity index (χ3v) is 3.08. The van der Waals surface area contributed by atoms with Crippen molar-refractivity contribution in [3.05, 3.63) is 35.5 Å². The van der Waals surface area contributed by atoms with Crippen molar-refractivity contribution in [3.8, 4) is 0 Å². The average molecular weight is 275 g/mol. The lowest BCUT2D eigenvalue weighted by Crippen LogP contribution is -2.21. The van der Waals surface area contributed by atoms with E-state index >= 15 is 0 Å². The molecule has 112 valence electrons. The maximum Gasteiger partial charge on any atom is 0.129 e.